The lowest BCUT2D eigenvalue weighted by molar-refractivity contribution is -0.118. The average molecular weight is 428 g/mol. The number of ether oxygens (including phenoxy) is 1. The topological polar surface area (TPSA) is 44.8 Å². The fourth-order valence-electron chi connectivity index (χ4n) is 4.32. The lowest BCUT2D eigenvalue weighted by Crippen LogP contribution is -2.37. The Balaban J connectivity index is 1.77. The number of carbonyl (C=O) groups is 1. The minimum atomic E-state index is -0.278. The van der Waals surface area contributed by atoms with Crippen molar-refractivity contribution in [2.45, 2.75) is 25.4 Å². The molecule has 3 aromatic carbocycles. The largest absolute Gasteiger partial charge is 0.481 e. The molecule has 0 bridgehead atoms. The first-order valence-corrected chi connectivity index (χ1v) is 10.9. The van der Waals surface area contributed by atoms with Gasteiger partial charge in [0.1, 0.15) is 5.57 Å². The first kappa shape index (κ1) is 21.7. The molecule has 0 spiro atoms. The van der Waals surface area contributed by atoms with Gasteiger partial charge in [-0.2, -0.15) is 0 Å². The minimum absolute atomic E-state index is 0.0817. The highest BCUT2D eigenvalue weighted by molar-refractivity contribution is 5.97. The van der Waals surface area contributed by atoms with E-state index >= 15 is 0 Å². The van der Waals surface area contributed by atoms with Gasteiger partial charge in [0.05, 0.1) is 24.9 Å². The fourth-order valence-corrected chi connectivity index (χ4v) is 4.32. The molecule has 1 heterocycles. The van der Waals surface area contributed by atoms with Gasteiger partial charge in [-0.15, -0.1) is 0 Å². The van der Waals surface area contributed by atoms with Gasteiger partial charge in [0.15, 0.2) is 0 Å². The van der Waals surface area contributed by atoms with Crippen molar-refractivity contribution in [3.63, 3.8) is 0 Å². The number of carbonyl (C=O) groups excluding carboxylic acids is 1. The molecule has 0 fully saturated rings. The van der Waals surface area contributed by atoms with Gasteiger partial charge in [0.25, 0.3) is 5.91 Å². The number of para-hydroxylation sites is 1. The van der Waals surface area contributed by atoms with Gasteiger partial charge in [0.2, 0.25) is 5.88 Å². The van der Waals surface area contributed by atoms with Crippen molar-refractivity contribution < 1.29 is 9.53 Å². The second-order valence-electron chi connectivity index (χ2n) is 7.80. The van der Waals surface area contributed by atoms with Crippen LogP contribution >= 0.6 is 0 Å². The van der Waals surface area contributed by atoms with E-state index in [0.717, 1.165) is 23.2 Å². The van der Waals surface area contributed by atoms with Crippen LogP contribution in [0, 0.1) is 0 Å². The molecule has 5 heteroatoms. The number of amides is 1. The Bertz CT molecular complexity index is 1070. The van der Waals surface area contributed by atoms with Crippen LogP contribution in [0.4, 0.5) is 5.69 Å². The summed E-state index contributed by atoms with van der Waals surface area (Å²) in [6.45, 7) is 2.08. The maximum Gasteiger partial charge on any atom is 0.255 e. The second kappa shape index (κ2) is 9.71. The zero-order chi connectivity index (χ0) is 22.5. The third-order valence-corrected chi connectivity index (χ3v) is 5.85. The van der Waals surface area contributed by atoms with E-state index in [4.69, 9.17) is 4.74 Å². The Morgan fingerprint density at radius 2 is 1.50 bits per heavy atom. The van der Waals surface area contributed by atoms with E-state index in [1.54, 1.807) is 7.11 Å². The van der Waals surface area contributed by atoms with Crippen LogP contribution in [0.1, 0.15) is 36.6 Å². The van der Waals surface area contributed by atoms with Crippen molar-refractivity contribution >= 4 is 11.6 Å². The third kappa shape index (κ3) is 4.12. The molecule has 2 unspecified atom stereocenters. The van der Waals surface area contributed by atoms with E-state index < -0.39 is 0 Å². The smallest absolute Gasteiger partial charge is 0.255 e. The number of methoxy groups -OCH3 is 1. The number of anilines is 1. The minimum Gasteiger partial charge on any atom is -0.481 e. The van der Waals surface area contributed by atoms with Gasteiger partial charge in [0, 0.05) is 7.05 Å². The summed E-state index contributed by atoms with van der Waals surface area (Å²) in [4.78, 5) is 13.8. The van der Waals surface area contributed by atoms with Gasteiger partial charge in [-0.05, 0) is 29.7 Å². The van der Waals surface area contributed by atoms with Crippen molar-refractivity contribution in [3.8, 4) is 0 Å². The lowest BCUT2D eigenvalue weighted by atomic mass is 9.97. The SMILES string of the molecule is CCC(NC(=O)C1=C(OC)N(c2ccccc2)N(C)C1c1ccccc1)c1ccccc1. The van der Waals surface area contributed by atoms with Crippen molar-refractivity contribution in [2.24, 2.45) is 0 Å². The Labute approximate surface area is 189 Å². The van der Waals surface area contributed by atoms with Gasteiger partial charge in [-0.1, -0.05) is 85.8 Å². The van der Waals surface area contributed by atoms with Crippen LogP contribution in [0.25, 0.3) is 0 Å². The summed E-state index contributed by atoms with van der Waals surface area (Å²) in [5.74, 6) is 0.407. The fraction of sp³-hybridized carbons (Fsp3) is 0.222. The summed E-state index contributed by atoms with van der Waals surface area (Å²) in [5.41, 5.74) is 3.65. The Kier molecular flexibility index (Phi) is 6.57. The summed E-state index contributed by atoms with van der Waals surface area (Å²) in [6, 6.07) is 29.7. The van der Waals surface area contributed by atoms with E-state index in [1.807, 2.05) is 103 Å². The summed E-state index contributed by atoms with van der Waals surface area (Å²) >= 11 is 0. The second-order valence-corrected chi connectivity index (χ2v) is 7.80. The average Bonchev–Trinajstić information content (AvgIpc) is 3.16. The summed E-state index contributed by atoms with van der Waals surface area (Å²) in [6.07, 6.45) is 0.791. The monoisotopic (exact) mass is 427 g/mol. The van der Waals surface area contributed by atoms with Crippen LogP contribution in [0.15, 0.2) is 102 Å². The van der Waals surface area contributed by atoms with Crippen molar-refractivity contribution in [3.05, 3.63) is 114 Å². The molecule has 5 nitrogen and oxygen atoms in total. The first-order chi connectivity index (χ1) is 15.7. The molecule has 3 aromatic rings. The van der Waals surface area contributed by atoms with Gasteiger partial charge < -0.3 is 10.1 Å². The molecule has 4 rings (SSSR count). The Hall–Kier alpha value is -3.57. The number of nitrogens with one attached hydrogen (secondary N) is 1. The van der Waals surface area contributed by atoms with Crippen LogP contribution in [0.2, 0.25) is 0 Å². The van der Waals surface area contributed by atoms with Gasteiger partial charge in [-0.3, -0.25) is 4.79 Å². The van der Waals surface area contributed by atoms with Crippen LogP contribution in [-0.2, 0) is 9.53 Å². The highest BCUT2D eigenvalue weighted by Gasteiger charge is 2.43. The summed E-state index contributed by atoms with van der Waals surface area (Å²) in [5, 5.41) is 7.28. The molecular weight excluding hydrogens is 398 g/mol. The van der Waals surface area contributed by atoms with Crippen LogP contribution in [0.5, 0.6) is 0 Å². The highest BCUT2D eigenvalue weighted by atomic mass is 16.5. The molecule has 0 radical (unpaired) electrons. The summed E-state index contributed by atoms with van der Waals surface area (Å²) in [7, 11) is 3.60. The number of hydrogen-bond donors (Lipinski definition) is 1. The predicted octanol–water partition coefficient (Wildman–Crippen LogP) is 5.22. The van der Waals surface area contributed by atoms with E-state index in [0.29, 0.717) is 11.5 Å². The van der Waals surface area contributed by atoms with Crippen molar-refractivity contribution in [1.82, 2.24) is 10.3 Å². The maximum atomic E-state index is 13.8. The number of hydrogen-bond acceptors (Lipinski definition) is 4. The Morgan fingerprint density at radius 3 is 2.06 bits per heavy atom. The lowest BCUT2D eigenvalue weighted by Gasteiger charge is -2.31. The standard InChI is InChI=1S/C27H29N3O2/c1-4-23(20-14-8-5-9-15-20)28-26(31)24-25(21-16-10-6-11-17-21)29(2)30(27(24)32-3)22-18-12-7-13-19-22/h5-19,23,25H,4H2,1-3H3,(H,28,31). The first-order valence-electron chi connectivity index (χ1n) is 10.9. The molecule has 0 aliphatic carbocycles. The molecule has 164 valence electrons. The number of rotatable bonds is 7. The van der Waals surface area contributed by atoms with E-state index in [2.05, 4.69) is 17.2 Å². The van der Waals surface area contributed by atoms with Crippen molar-refractivity contribution in [1.29, 1.82) is 0 Å². The molecule has 2 atom stereocenters. The molecule has 1 aliphatic rings. The third-order valence-electron chi connectivity index (χ3n) is 5.85. The molecule has 0 saturated heterocycles. The zero-order valence-corrected chi connectivity index (χ0v) is 18.7. The molecule has 1 N–H and O–H groups in total. The van der Waals surface area contributed by atoms with Gasteiger partial charge >= 0.3 is 0 Å². The van der Waals surface area contributed by atoms with Gasteiger partial charge in [-0.25, -0.2) is 10.0 Å². The van der Waals surface area contributed by atoms with E-state index in [-0.39, 0.29) is 18.0 Å². The molecule has 1 aliphatic heterocycles. The van der Waals surface area contributed by atoms with E-state index in [1.165, 1.54) is 0 Å². The number of hydrazine groups is 1. The quantitative estimate of drug-likeness (QED) is 0.561. The Morgan fingerprint density at radius 1 is 0.938 bits per heavy atom. The molecule has 0 saturated carbocycles. The number of likely N-dealkylation sites (N-methyl/N-ethyl adjacent to an activating group) is 1. The predicted molar refractivity (Wildman–Crippen MR) is 128 cm³/mol. The van der Waals surface area contributed by atoms with E-state index in [9.17, 15) is 4.79 Å². The normalized spacial score (nSPS) is 17.3. The van der Waals surface area contributed by atoms with Crippen LogP contribution in [-0.4, -0.2) is 25.1 Å². The number of benzene rings is 3. The summed E-state index contributed by atoms with van der Waals surface area (Å²) < 4.78 is 5.86. The molecule has 0 aromatic heterocycles. The molecule has 1 amide bonds. The van der Waals surface area contributed by atoms with Crippen LogP contribution in [0.3, 0.4) is 0 Å². The van der Waals surface area contributed by atoms with Crippen molar-refractivity contribution in [2.75, 3.05) is 19.2 Å². The maximum absolute atomic E-state index is 13.8. The molecular formula is C27H29N3O2. The number of nitrogens with zero attached hydrogens (tertiary/aromatic N) is 2. The molecule has 32 heavy (non-hydrogen) atoms. The van der Waals surface area contributed by atoms with Crippen LogP contribution < -0.4 is 10.3 Å². The highest BCUT2D eigenvalue weighted by Crippen LogP contribution is 2.42. The zero-order valence-electron chi connectivity index (χ0n) is 18.7.